The second-order valence-electron chi connectivity index (χ2n) is 5.51. The van der Waals surface area contributed by atoms with Crippen LogP contribution in [0.3, 0.4) is 0 Å². The van der Waals surface area contributed by atoms with Crippen LogP contribution in [0.15, 0.2) is 18.3 Å². The van der Waals surface area contributed by atoms with Gasteiger partial charge in [-0.2, -0.15) is 5.10 Å². The molecule has 20 heavy (non-hydrogen) atoms. The van der Waals surface area contributed by atoms with Crippen LogP contribution in [0.2, 0.25) is 0 Å². The summed E-state index contributed by atoms with van der Waals surface area (Å²) in [6.45, 7) is 3.19. The van der Waals surface area contributed by atoms with Gasteiger partial charge in [0.05, 0.1) is 11.7 Å². The quantitative estimate of drug-likeness (QED) is 0.912. The average molecular weight is 289 g/mol. The molecule has 108 valence electrons. The van der Waals surface area contributed by atoms with E-state index in [4.69, 9.17) is 0 Å². The highest BCUT2D eigenvalue weighted by Gasteiger charge is 2.21. The van der Waals surface area contributed by atoms with Crippen LogP contribution in [0.25, 0.3) is 0 Å². The van der Waals surface area contributed by atoms with E-state index in [1.165, 1.54) is 36.3 Å². The first-order valence-corrected chi connectivity index (χ1v) is 8.45. The highest BCUT2D eigenvalue weighted by Crippen LogP contribution is 2.35. The van der Waals surface area contributed by atoms with Gasteiger partial charge in [-0.1, -0.05) is 6.92 Å². The van der Waals surface area contributed by atoms with Gasteiger partial charge in [0, 0.05) is 22.5 Å². The minimum Gasteiger partial charge on any atom is -0.307 e. The van der Waals surface area contributed by atoms with Crippen LogP contribution in [0.5, 0.6) is 0 Å². The summed E-state index contributed by atoms with van der Waals surface area (Å²) in [6, 6.07) is 4.85. The van der Waals surface area contributed by atoms with Crippen molar-refractivity contribution in [2.75, 3.05) is 7.05 Å². The highest BCUT2D eigenvalue weighted by molar-refractivity contribution is 7.12. The molecule has 2 aromatic rings. The molecule has 0 saturated carbocycles. The Bertz CT molecular complexity index is 547. The second kappa shape index (κ2) is 6.10. The molecule has 0 aromatic carbocycles. The van der Waals surface area contributed by atoms with E-state index in [-0.39, 0.29) is 6.04 Å². The third kappa shape index (κ3) is 2.54. The lowest BCUT2D eigenvalue weighted by molar-refractivity contribution is 0.537. The van der Waals surface area contributed by atoms with Crippen LogP contribution >= 0.6 is 11.3 Å². The zero-order chi connectivity index (χ0) is 13.9. The summed E-state index contributed by atoms with van der Waals surface area (Å²) in [6.07, 6.45) is 8.27. The summed E-state index contributed by atoms with van der Waals surface area (Å²) in [4.78, 5) is 3.05. The zero-order valence-electron chi connectivity index (χ0n) is 12.4. The van der Waals surface area contributed by atoms with Crippen molar-refractivity contribution < 1.29 is 0 Å². The summed E-state index contributed by atoms with van der Waals surface area (Å²) >= 11 is 1.99. The van der Waals surface area contributed by atoms with Gasteiger partial charge in [0.25, 0.3) is 0 Å². The number of hydrogen-bond acceptors (Lipinski definition) is 3. The van der Waals surface area contributed by atoms with Crippen molar-refractivity contribution in [1.82, 2.24) is 15.1 Å². The molecule has 1 unspecified atom stereocenters. The lowest BCUT2D eigenvalue weighted by Crippen LogP contribution is -2.20. The Labute approximate surface area is 125 Å². The van der Waals surface area contributed by atoms with Crippen molar-refractivity contribution in [3.63, 3.8) is 0 Å². The number of thiophene rings is 1. The topological polar surface area (TPSA) is 29.9 Å². The first kappa shape index (κ1) is 13.8. The second-order valence-corrected chi connectivity index (χ2v) is 6.67. The van der Waals surface area contributed by atoms with Crippen LogP contribution in [-0.2, 0) is 19.4 Å². The van der Waals surface area contributed by atoms with Gasteiger partial charge in [0.15, 0.2) is 0 Å². The van der Waals surface area contributed by atoms with Gasteiger partial charge >= 0.3 is 0 Å². The maximum atomic E-state index is 4.46. The Morgan fingerprint density at radius 2 is 2.25 bits per heavy atom. The molecule has 0 saturated heterocycles. The molecule has 2 aromatic heterocycles. The fraction of sp³-hybridized carbons (Fsp3) is 0.562. The molecular formula is C16H23N3S. The number of fused-ring (bicyclic) bond motifs is 1. The molecule has 1 N–H and O–H groups in total. The van der Waals surface area contributed by atoms with E-state index < -0.39 is 0 Å². The molecule has 0 spiro atoms. The Hall–Kier alpha value is -1.13. The van der Waals surface area contributed by atoms with E-state index in [1.807, 2.05) is 24.6 Å². The van der Waals surface area contributed by atoms with Gasteiger partial charge in [0.2, 0.25) is 0 Å². The minimum absolute atomic E-state index is 0.277. The van der Waals surface area contributed by atoms with Crippen molar-refractivity contribution in [1.29, 1.82) is 0 Å². The molecule has 0 bridgehead atoms. The maximum Gasteiger partial charge on any atom is 0.0839 e. The van der Waals surface area contributed by atoms with Crippen molar-refractivity contribution in [3.8, 4) is 0 Å². The molecule has 3 rings (SSSR count). The maximum absolute atomic E-state index is 4.46. The SMILES string of the molecule is CCCn1nccc1C(NC)c1cc2c(s1)CCCC2. The third-order valence-corrected chi connectivity index (χ3v) is 5.37. The summed E-state index contributed by atoms with van der Waals surface area (Å²) in [5.41, 5.74) is 2.87. The van der Waals surface area contributed by atoms with Crippen molar-refractivity contribution >= 4 is 11.3 Å². The number of aromatic nitrogens is 2. The molecule has 4 heteroatoms. The van der Waals surface area contributed by atoms with Crippen LogP contribution in [-0.4, -0.2) is 16.8 Å². The summed E-state index contributed by atoms with van der Waals surface area (Å²) < 4.78 is 2.14. The molecule has 3 nitrogen and oxygen atoms in total. The highest BCUT2D eigenvalue weighted by atomic mass is 32.1. The predicted molar refractivity (Wildman–Crippen MR) is 84.4 cm³/mol. The van der Waals surface area contributed by atoms with E-state index >= 15 is 0 Å². The van der Waals surface area contributed by atoms with E-state index in [0.29, 0.717) is 0 Å². The average Bonchev–Trinajstić information content (AvgIpc) is 3.07. The number of nitrogens with zero attached hydrogens (tertiary/aromatic N) is 2. The van der Waals surface area contributed by atoms with Gasteiger partial charge in [-0.25, -0.2) is 0 Å². The number of nitrogens with one attached hydrogen (secondary N) is 1. The fourth-order valence-corrected chi connectivity index (χ4v) is 4.46. The minimum atomic E-state index is 0.277. The number of rotatable bonds is 5. The van der Waals surface area contributed by atoms with E-state index in [1.54, 1.807) is 10.4 Å². The van der Waals surface area contributed by atoms with Gasteiger partial charge in [-0.3, -0.25) is 4.68 Å². The van der Waals surface area contributed by atoms with Gasteiger partial charge in [-0.05, 0) is 56.8 Å². The Balaban J connectivity index is 1.92. The van der Waals surface area contributed by atoms with E-state index in [2.05, 4.69) is 34.2 Å². The monoisotopic (exact) mass is 289 g/mol. The Morgan fingerprint density at radius 3 is 3.00 bits per heavy atom. The van der Waals surface area contributed by atoms with E-state index in [0.717, 1.165) is 13.0 Å². The molecule has 1 aliphatic carbocycles. The van der Waals surface area contributed by atoms with E-state index in [9.17, 15) is 0 Å². The Morgan fingerprint density at radius 1 is 1.40 bits per heavy atom. The lowest BCUT2D eigenvalue weighted by atomic mass is 9.98. The van der Waals surface area contributed by atoms with Crippen LogP contribution in [0, 0.1) is 0 Å². The normalized spacial score (nSPS) is 16.1. The third-order valence-electron chi connectivity index (χ3n) is 4.07. The van der Waals surface area contributed by atoms with Gasteiger partial charge < -0.3 is 5.32 Å². The molecule has 2 heterocycles. The molecule has 1 aliphatic rings. The predicted octanol–water partition coefficient (Wildman–Crippen LogP) is 3.54. The first-order chi connectivity index (χ1) is 9.83. The number of aryl methyl sites for hydroxylation is 3. The van der Waals surface area contributed by atoms with Crippen molar-refractivity contribution in [2.24, 2.45) is 0 Å². The first-order valence-electron chi connectivity index (χ1n) is 7.64. The molecule has 0 fully saturated rings. The van der Waals surface area contributed by atoms with Gasteiger partial charge in [0.1, 0.15) is 0 Å². The smallest absolute Gasteiger partial charge is 0.0839 e. The van der Waals surface area contributed by atoms with Crippen LogP contribution in [0.4, 0.5) is 0 Å². The van der Waals surface area contributed by atoms with Crippen LogP contribution in [0.1, 0.15) is 53.2 Å². The standard InChI is InChI=1S/C16H23N3S/c1-3-10-19-13(8-9-18-19)16(17-2)15-11-12-6-4-5-7-14(12)20-15/h8-9,11,16-17H,3-7,10H2,1-2H3. The summed E-state index contributed by atoms with van der Waals surface area (Å²) in [5.74, 6) is 0. The number of hydrogen-bond donors (Lipinski definition) is 1. The zero-order valence-corrected chi connectivity index (χ0v) is 13.2. The lowest BCUT2D eigenvalue weighted by Gasteiger charge is -2.16. The summed E-state index contributed by atoms with van der Waals surface area (Å²) in [5, 5.41) is 7.94. The molecule has 0 aliphatic heterocycles. The van der Waals surface area contributed by atoms with Crippen molar-refractivity contribution in [3.05, 3.63) is 39.3 Å². The molecule has 1 atom stereocenters. The molecule has 0 amide bonds. The molecule has 0 radical (unpaired) electrons. The van der Waals surface area contributed by atoms with Gasteiger partial charge in [-0.15, -0.1) is 11.3 Å². The summed E-state index contributed by atoms with van der Waals surface area (Å²) in [7, 11) is 2.05. The van der Waals surface area contributed by atoms with Crippen molar-refractivity contribution in [2.45, 2.75) is 51.6 Å². The largest absolute Gasteiger partial charge is 0.307 e. The van der Waals surface area contributed by atoms with Crippen LogP contribution < -0.4 is 5.32 Å². The Kier molecular flexibility index (Phi) is 4.22. The fourth-order valence-electron chi connectivity index (χ4n) is 3.08. The molecular weight excluding hydrogens is 266 g/mol.